The fraction of sp³-hybridized carbons (Fsp3) is 0.522. The molecule has 4 heteroatoms. The van der Waals surface area contributed by atoms with Crippen LogP contribution in [0.25, 0.3) is 0 Å². The first-order valence-electron chi connectivity index (χ1n) is 10.4. The van der Waals surface area contributed by atoms with Gasteiger partial charge in [-0.3, -0.25) is 4.98 Å². The van der Waals surface area contributed by atoms with Crippen LogP contribution in [0, 0.1) is 0 Å². The summed E-state index contributed by atoms with van der Waals surface area (Å²) in [6.07, 6.45) is 13.8. The second-order valence-corrected chi connectivity index (χ2v) is 7.30. The first-order valence-corrected chi connectivity index (χ1v) is 10.4. The molecule has 1 aliphatic carbocycles. The van der Waals surface area contributed by atoms with Gasteiger partial charge in [-0.2, -0.15) is 0 Å². The van der Waals surface area contributed by atoms with E-state index in [0.29, 0.717) is 12.3 Å². The first-order chi connectivity index (χ1) is 13.2. The van der Waals surface area contributed by atoms with Crippen LogP contribution in [0.4, 0.5) is 0 Å². The number of pyridine rings is 1. The number of unbranched alkanes of at least 4 members (excludes halogenated alkanes) is 1. The number of nitrogens with zero attached hydrogens (tertiary/aromatic N) is 1. The number of phenols is 1. The molecule has 0 bridgehead atoms. The summed E-state index contributed by atoms with van der Waals surface area (Å²) in [7, 11) is 0. The molecule has 1 aliphatic rings. The van der Waals surface area contributed by atoms with Crippen LogP contribution in [0.5, 0.6) is 5.75 Å². The average Bonchev–Trinajstić information content (AvgIpc) is 2.73. The SMILES string of the molecule is CCCCc1cccc(CN)c1O.c1cc(CNC2CCCCC2)ccn1. The van der Waals surface area contributed by atoms with E-state index in [1.165, 1.54) is 37.7 Å². The molecule has 0 atom stereocenters. The fourth-order valence-electron chi connectivity index (χ4n) is 3.45. The van der Waals surface area contributed by atoms with Crippen molar-refractivity contribution in [3.8, 4) is 5.75 Å². The molecule has 1 heterocycles. The Morgan fingerprint density at radius 2 is 1.78 bits per heavy atom. The molecule has 1 aromatic heterocycles. The average molecular weight is 370 g/mol. The van der Waals surface area contributed by atoms with Crippen LogP contribution < -0.4 is 11.1 Å². The molecular weight excluding hydrogens is 334 g/mol. The Balaban J connectivity index is 0.000000194. The highest BCUT2D eigenvalue weighted by Gasteiger charge is 2.11. The number of aromatic hydroxyl groups is 1. The van der Waals surface area contributed by atoms with E-state index in [-0.39, 0.29) is 0 Å². The van der Waals surface area contributed by atoms with E-state index >= 15 is 0 Å². The number of hydrogen-bond donors (Lipinski definition) is 3. The standard InChI is InChI=1S/C12H18N2.C11H17NO/c1-2-4-12(5-3-1)14-10-11-6-8-13-9-7-11;1-2-3-5-9-6-4-7-10(8-12)11(9)13/h6-9,12,14H,1-5,10H2;4,6-7,13H,2-3,5,8,12H2,1H3. The lowest BCUT2D eigenvalue weighted by molar-refractivity contribution is 0.372. The van der Waals surface area contributed by atoms with E-state index < -0.39 is 0 Å². The maximum absolute atomic E-state index is 9.74. The van der Waals surface area contributed by atoms with Crippen molar-refractivity contribution >= 4 is 0 Å². The van der Waals surface area contributed by atoms with Gasteiger partial charge in [-0.1, -0.05) is 50.8 Å². The van der Waals surface area contributed by atoms with Crippen molar-refractivity contribution < 1.29 is 5.11 Å². The summed E-state index contributed by atoms with van der Waals surface area (Å²) in [6, 6.07) is 10.7. The third-order valence-electron chi connectivity index (χ3n) is 5.17. The van der Waals surface area contributed by atoms with Gasteiger partial charge < -0.3 is 16.2 Å². The van der Waals surface area contributed by atoms with Crippen molar-refractivity contribution in [2.75, 3.05) is 0 Å². The molecule has 0 radical (unpaired) electrons. The van der Waals surface area contributed by atoms with Gasteiger partial charge in [0.05, 0.1) is 0 Å². The van der Waals surface area contributed by atoms with Gasteiger partial charge in [-0.05, 0) is 48.9 Å². The van der Waals surface area contributed by atoms with Crippen molar-refractivity contribution in [3.05, 3.63) is 59.4 Å². The number of nitrogens with one attached hydrogen (secondary N) is 1. The third kappa shape index (κ3) is 7.69. The summed E-state index contributed by atoms with van der Waals surface area (Å²) in [4.78, 5) is 4.01. The lowest BCUT2D eigenvalue weighted by atomic mass is 9.95. The Kier molecular flexibility index (Phi) is 9.88. The van der Waals surface area contributed by atoms with E-state index in [9.17, 15) is 5.11 Å². The summed E-state index contributed by atoms with van der Waals surface area (Å²) in [5.74, 6) is 0.387. The van der Waals surface area contributed by atoms with Crippen molar-refractivity contribution in [1.29, 1.82) is 0 Å². The van der Waals surface area contributed by atoms with Crippen molar-refractivity contribution in [2.24, 2.45) is 5.73 Å². The zero-order chi connectivity index (χ0) is 19.3. The van der Waals surface area contributed by atoms with E-state index in [1.807, 2.05) is 30.6 Å². The van der Waals surface area contributed by atoms with Crippen molar-refractivity contribution in [1.82, 2.24) is 10.3 Å². The minimum absolute atomic E-state index is 0.387. The van der Waals surface area contributed by atoms with E-state index in [2.05, 4.69) is 29.4 Å². The minimum Gasteiger partial charge on any atom is -0.507 e. The third-order valence-corrected chi connectivity index (χ3v) is 5.17. The number of para-hydroxylation sites is 1. The summed E-state index contributed by atoms with van der Waals surface area (Å²) >= 11 is 0. The molecule has 4 N–H and O–H groups in total. The predicted molar refractivity (Wildman–Crippen MR) is 113 cm³/mol. The number of phenolic OH excluding ortho intramolecular Hbond substituents is 1. The Labute approximate surface area is 164 Å². The summed E-state index contributed by atoms with van der Waals surface area (Å²) < 4.78 is 0. The number of aromatic nitrogens is 1. The molecule has 1 saturated carbocycles. The van der Waals surface area contributed by atoms with Crippen LogP contribution in [0.2, 0.25) is 0 Å². The first kappa shape index (κ1) is 21.4. The minimum atomic E-state index is 0.387. The van der Waals surface area contributed by atoms with E-state index in [0.717, 1.165) is 43.0 Å². The lowest BCUT2D eigenvalue weighted by Crippen LogP contribution is -2.30. The number of hydrogen-bond acceptors (Lipinski definition) is 4. The molecule has 0 spiro atoms. The van der Waals surface area contributed by atoms with Gasteiger partial charge in [-0.25, -0.2) is 0 Å². The van der Waals surface area contributed by atoms with Crippen LogP contribution >= 0.6 is 0 Å². The molecule has 27 heavy (non-hydrogen) atoms. The summed E-state index contributed by atoms with van der Waals surface area (Å²) in [5.41, 5.74) is 8.69. The molecule has 4 nitrogen and oxygen atoms in total. The Hall–Kier alpha value is -1.91. The van der Waals surface area contributed by atoms with Crippen LogP contribution in [0.3, 0.4) is 0 Å². The largest absolute Gasteiger partial charge is 0.507 e. The zero-order valence-corrected chi connectivity index (χ0v) is 16.7. The highest BCUT2D eigenvalue weighted by Crippen LogP contribution is 2.23. The number of aryl methyl sites for hydroxylation is 1. The quantitative estimate of drug-likeness (QED) is 0.662. The second-order valence-electron chi connectivity index (χ2n) is 7.30. The Morgan fingerprint density at radius 3 is 2.44 bits per heavy atom. The van der Waals surface area contributed by atoms with Crippen LogP contribution in [0.15, 0.2) is 42.7 Å². The second kappa shape index (κ2) is 12.5. The molecule has 2 aromatic rings. The van der Waals surface area contributed by atoms with E-state index in [4.69, 9.17) is 5.73 Å². The van der Waals surface area contributed by atoms with Gasteiger partial charge in [0, 0.05) is 37.1 Å². The number of nitrogens with two attached hydrogens (primary N) is 1. The zero-order valence-electron chi connectivity index (χ0n) is 16.7. The Bertz CT molecular complexity index is 639. The normalized spacial score (nSPS) is 14.4. The highest BCUT2D eigenvalue weighted by molar-refractivity contribution is 5.40. The predicted octanol–water partition coefficient (Wildman–Crippen LogP) is 4.70. The van der Waals surface area contributed by atoms with Gasteiger partial charge in [-0.15, -0.1) is 0 Å². The van der Waals surface area contributed by atoms with Crippen molar-refractivity contribution in [3.63, 3.8) is 0 Å². The fourth-order valence-corrected chi connectivity index (χ4v) is 3.45. The molecular formula is C23H35N3O. The van der Waals surface area contributed by atoms with Gasteiger partial charge >= 0.3 is 0 Å². The molecule has 3 rings (SSSR count). The molecule has 1 fully saturated rings. The molecule has 0 aliphatic heterocycles. The van der Waals surface area contributed by atoms with Crippen molar-refractivity contribution in [2.45, 2.75) is 77.4 Å². The number of rotatable bonds is 7. The van der Waals surface area contributed by atoms with Gasteiger partial charge in [0.2, 0.25) is 0 Å². The van der Waals surface area contributed by atoms with E-state index in [1.54, 1.807) is 0 Å². The maximum atomic E-state index is 9.74. The smallest absolute Gasteiger partial charge is 0.123 e. The molecule has 0 unspecified atom stereocenters. The molecule has 0 amide bonds. The molecule has 148 valence electrons. The summed E-state index contributed by atoms with van der Waals surface area (Å²) in [5, 5.41) is 13.3. The summed E-state index contributed by atoms with van der Waals surface area (Å²) in [6.45, 7) is 3.54. The number of benzene rings is 1. The maximum Gasteiger partial charge on any atom is 0.123 e. The van der Waals surface area contributed by atoms with Crippen LogP contribution in [-0.4, -0.2) is 16.1 Å². The van der Waals surface area contributed by atoms with Crippen LogP contribution in [0.1, 0.15) is 68.6 Å². The van der Waals surface area contributed by atoms with Gasteiger partial charge in [0.15, 0.2) is 0 Å². The highest BCUT2D eigenvalue weighted by atomic mass is 16.3. The monoisotopic (exact) mass is 369 g/mol. The molecule has 1 aromatic carbocycles. The Morgan fingerprint density at radius 1 is 1.07 bits per heavy atom. The topological polar surface area (TPSA) is 71.2 Å². The van der Waals surface area contributed by atoms with Gasteiger partial charge in [0.1, 0.15) is 5.75 Å². The van der Waals surface area contributed by atoms with Crippen LogP contribution in [-0.2, 0) is 19.5 Å². The lowest BCUT2D eigenvalue weighted by Gasteiger charge is -2.22. The molecule has 0 saturated heterocycles. The van der Waals surface area contributed by atoms with Gasteiger partial charge in [0.25, 0.3) is 0 Å².